The predicted molar refractivity (Wildman–Crippen MR) is 203 cm³/mol. The van der Waals surface area contributed by atoms with Gasteiger partial charge < -0.3 is 36.2 Å². The van der Waals surface area contributed by atoms with Gasteiger partial charge in [0.15, 0.2) is 0 Å². The lowest BCUT2D eigenvalue weighted by Gasteiger charge is -2.32. The van der Waals surface area contributed by atoms with Gasteiger partial charge in [-0.3, -0.25) is 14.4 Å². The summed E-state index contributed by atoms with van der Waals surface area (Å²) in [7, 11) is 0. The Morgan fingerprint density at radius 1 is 0.731 bits per heavy atom. The summed E-state index contributed by atoms with van der Waals surface area (Å²) in [6.45, 7) is 11.4. The molecule has 0 aliphatic carbocycles. The van der Waals surface area contributed by atoms with Crippen LogP contribution in [0.1, 0.15) is 78.4 Å². The number of carbonyl (C=O) groups excluding carboxylic acids is 4. The summed E-state index contributed by atoms with van der Waals surface area (Å²) >= 11 is 0. The fourth-order valence-electron chi connectivity index (χ4n) is 6.15. The van der Waals surface area contributed by atoms with E-state index in [4.69, 9.17) is 4.74 Å². The smallest absolute Gasteiger partial charge is 0.408 e. The lowest BCUT2D eigenvalue weighted by atomic mass is 9.91. The van der Waals surface area contributed by atoms with Crippen LogP contribution in [-0.2, 0) is 32.1 Å². The summed E-state index contributed by atoms with van der Waals surface area (Å²) in [5.41, 5.74) is 1.63. The van der Waals surface area contributed by atoms with Crippen LogP contribution in [0.15, 0.2) is 72.8 Å². The monoisotopic (exact) mass is 718 g/mol. The van der Waals surface area contributed by atoms with Crippen LogP contribution in [0.3, 0.4) is 0 Å². The van der Waals surface area contributed by atoms with Crippen LogP contribution in [0, 0.1) is 17.8 Å². The van der Waals surface area contributed by atoms with E-state index in [2.05, 4.69) is 21.3 Å². The van der Waals surface area contributed by atoms with E-state index in [1.54, 1.807) is 0 Å². The zero-order chi connectivity index (χ0) is 38.2. The van der Waals surface area contributed by atoms with Gasteiger partial charge in [-0.1, -0.05) is 127 Å². The first-order chi connectivity index (χ1) is 24.9. The minimum atomic E-state index is -1.22. The average molecular weight is 719 g/mol. The predicted octanol–water partition coefficient (Wildman–Crippen LogP) is 5.01. The van der Waals surface area contributed by atoms with Crippen molar-refractivity contribution in [2.24, 2.45) is 17.8 Å². The molecule has 4 unspecified atom stereocenters. The van der Waals surface area contributed by atoms with E-state index in [0.29, 0.717) is 6.42 Å². The number of aliphatic hydroxyl groups is 2. The molecule has 11 heteroatoms. The molecule has 7 atom stereocenters. The van der Waals surface area contributed by atoms with Gasteiger partial charge in [0.05, 0.1) is 31.2 Å². The number of hydrogen-bond donors (Lipinski definition) is 6. The summed E-state index contributed by atoms with van der Waals surface area (Å²) in [6, 6.07) is 19.4. The molecule has 0 bridgehead atoms. The topological polar surface area (TPSA) is 166 Å². The number of aliphatic hydroxyl groups excluding tert-OH is 2. The van der Waals surface area contributed by atoms with Crippen LogP contribution in [0.2, 0.25) is 0 Å². The van der Waals surface area contributed by atoms with Crippen LogP contribution in [0.25, 0.3) is 10.8 Å². The summed E-state index contributed by atoms with van der Waals surface area (Å²) in [5.74, 6) is -1.65. The van der Waals surface area contributed by atoms with Crippen molar-refractivity contribution in [3.63, 3.8) is 0 Å². The Labute approximate surface area is 308 Å². The standard InChI is InChI=1S/C41H58N4O7/c1-7-27(5)35(24-46)42-37(48)23-36(47)38(28(6)8-2)45-40(50)33(21-26(3)4)43-39(49)34(44-41(51)52-25-29-15-10-9-11-16-29)22-31-19-14-18-30-17-12-13-20-32(30)31/h9-20,26-28,33-36,38,46-47H,7-8,21-25H2,1-6H3,(H,42,48)(H,43,49)(H,44,51)(H,45,50)/t27?,28?,33-,34-,35+,36?,38?/m0/s1. The van der Waals surface area contributed by atoms with Crippen molar-refractivity contribution in [1.29, 1.82) is 0 Å². The molecule has 0 heterocycles. The second-order valence-corrected chi connectivity index (χ2v) is 14.2. The maximum Gasteiger partial charge on any atom is 0.408 e. The summed E-state index contributed by atoms with van der Waals surface area (Å²) in [5, 5.41) is 34.3. The van der Waals surface area contributed by atoms with Crippen LogP contribution in [-0.4, -0.2) is 70.9 Å². The Balaban J connectivity index is 1.81. The Kier molecular flexibility index (Phi) is 17.1. The molecule has 0 fully saturated rings. The fraction of sp³-hybridized carbons (Fsp3) is 0.512. The number of fused-ring (bicyclic) bond motifs is 1. The first-order valence-electron chi connectivity index (χ1n) is 18.5. The van der Waals surface area contributed by atoms with E-state index < -0.39 is 54.1 Å². The van der Waals surface area contributed by atoms with Crippen molar-refractivity contribution >= 4 is 34.6 Å². The quantitative estimate of drug-likeness (QED) is 0.0956. The van der Waals surface area contributed by atoms with Crippen LogP contribution >= 0.6 is 0 Å². The minimum absolute atomic E-state index is 0.00471. The van der Waals surface area contributed by atoms with Crippen LogP contribution in [0.4, 0.5) is 4.79 Å². The zero-order valence-corrected chi connectivity index (χ0v) is 31.4. The van der Waals surface area contributed by atoms with E-state index in [9.17, 15) is 29.4 Å². The summed E-state index contributed by atoms with van der Waals surface area (Å²) in [4.78, 5) is 54.0. The lowest BCUT2D eigenvalue weighted by molar-refractivity contribution is -0.132. The molecule has 0 spiro atoms. The van der Waals surface area contributed by atoms with Crippen molar-refractivity contribution in [2.45, 2.75) is 111 Å². The maximum atomic E-state index is 14.1. The second kappa shape index (κ2) is 21.1. The third-order valence-electron chi connectivity index (χ3n) is 9.71. The summed E-state index contributed by atoms with van der Waals surface area (Å²) < 4.78 is 5.47. The number of carbonyl (C=O) groups is 4. The molecule has 0 saturated heterocycles. The third kappa shape index (κ3) is 12.9. The molecule has 0 saturated carbocycles. The Bertz CT molecular complexity index is 1580. The number of alkyl carbamates (subject to hydrolysis) is 1. The van der Waals surface area contributed by atoms with Gasteiger partial charge in [-0.25, -0.2) is 4.79 Å². The molecular weight excluding hydrogens is 660 g/mol. The highest BCUT2D eigenvalue weighted by Gasteiger charge is 2.33. The van der Waals surface area contributed by atoms with Crippen molar-refractivity contribution in [3.05, 3.63) is 83.9 Å². The van der Waals surface area contributed by atoms with Gasteiger partial charge in [0, 0.05) is 6.42 Å². The number of rotatable bonds is 20. The minimum Gasteiger partial charge on any atom is -0.445 e. The van der Waals surface area contributed by atoms with E-state index in [-0.39, 0.29) is 50.2 Å². The van der Waals surface area contributed by atoms with Crippen molar-refractivity contribution < 1.29 is 34.1 Å². The number of amides is 4. The molecular formula is C41H58N4O7. The first-order valence-corrected chi connectivity index (χ1v) is 18.5. The van der Waals surface area contributed by atoms with Gasteiger partial charge in [-0.05, 0) is 46.1 Å². The molecule has 3 aromatic carbocycles. The normalized spacial score (nSPS) is 15.4. The number of ether oxygens (including phenoxy) is 1. The zero-order valence-electron chi connectivity index (χ0n) is 31.4. The largest absolute Gasteiger partial charge is 0.445 e. The number of benzene rings is 3. The van der Waals surface area contributed by atoms with Crippen LogP contribution in [0.5, 0.6) is 0 Å². The maximum absolute atomic E-state index is 14.1. The van der Waals surface area contributed by atoms with E-state index in [1.165, 1.54) is 0 Å². The third-order valence-corrected chi connectivity index (χ3v) is 9.71. The molecule has 0 radical (unpaired) electrons. The molecule has 0 aromatic heterocycles. The van der Waals surface area contributed by atoms with Crippen LogP contribution < -0.4 is 21.3 Å². The van der Waals surface area contributed by atoms with Gasteiger partial charge in [-0.15, -0.1) is 0 Å². The molecule has 52 heavy (non-hydrogen) atoms. The molecule has 3 rings (SSSR count). The fourth-order valence-corrected chi connectivity index (χ4v) is 6.15. The Morgan fingerprint density at radius 2 is 1.37 bits per heavy atom. The van der Waals surface area contributed by atoms with Gasteiger partial charge in [0.2, 0.25) is 17.7 Å². The van der Waals surface area contributed by atoms with Gasteiger partial charge in [0.25, 0.3) is 0 Å². The van der Waals surface area contributed by atoms with E-state index in [1.807, 2.05) is 114 Å². The first kappa shape index (κ1) is 41.9. The van der Waals surface area contributed by atoms with E-state index in [0.717, 1.165) is 28.3 Å². The molecule has 6 N–H and O–H groups in total. The number of nitrogens with one attached hydrogen (secondary N) is 4. The molecule has 0 aliphatic heterocycles. The molecule has 4 amide bonds. The highest BCUT2D eigenvalue weighted by molar-refractivity contribution is 5.93. The van der Waals surface area contributed by atoms with Gasteiger partial charge in [-0.2, -0.15) is 0 Å². The summed E-state index contributed by atoms with van der Waals surface area (Å²) in [6.07, 6.45) is -0.470. The van der Waals surface area contributed by atoms with Crippen molar-refractivity contribution in [1.82, 2.24) is 21.3 Å². The number of hydrogen-bond acceptors (Lipinski definition) is 7. The highest BCUT2D eigenvalue weighted by atomic mass is 16.5. The van der Waals surface area contributed by atoms with E-state index >= 15 is 0 Å². The van der Waals surface area contributed by atoms with Crippen molar-refractivity contribution in [2.75, 3.05) is 6.61 Å². The van der Waals surface area contributed by atoms with Gasteiger partial charge in [0.1, 0.15) is 18.7 Å². The molecule has 3 aromatic rings. The van der Waals surface area contributed by atoms with Gasteiger partial charge >= 0.3 is 6.09 Å². The molecule has 284 valence electrons. The second-order valence-electron chi connectivity index (χ2n) is 14.2. The SMILES string of the molecule is CCC(C)C(NC(=O)[C@H](CC(C)C)NC(=O)[C@H](Cc1cccc2ccccc12)NC(=O)OCc1ccccc1)C(O)CC(=O)N[C@H](CO)C(C)CC. The average Bonchev–Trinajstić information content (AvgIpc) is 3.14. The molecule has 11 nitrogen and oxygen atoms in total. The Hall–Kier alpha value is -4.48. The molecule has 0 aliphatic rings. The highest BCUT2D eigenvalue weighted by Crippen LogP contribution is 2.21. The van der Waals surface area contributed by atoms with Crippen molar-refractivity contribution in [3.8, 4) is 0 Å². The Morgan fingerprint density at radius 3 is 2.02 bits per heavy atom. The lowest BCUT2D eigenvalue weighted by Crippen LogP contribution is -2.58.